The molecule has 2 amide bonds. The Morgan fingerprint density at radius 2 is 1.84 bits per heavy atom. The summed E-state index contributed by atoms with van der Waals surface area (Å²) in [6.07, 6.45) is 4.82. The van der Waals surface area contributed by atoms with Crippen molar-refractivity contribution >= 4 is 17.5 Å². The molecule has 1 aromatic carbocycles. The van der Waals surface area contributed by atoms with Crippen molar-refractivity contribution in [3.05, 3.63) is 29.3 Å². The zero-order chi connectivity index (χ0) is 13.7. The Balaban J connectivity index is 1.80. The van der Waals surface area contributed by atoms with E-state index in [-0.39, 0.29) is 11.8 Å². The lowest BCUT2D eigenvalue weighted by atomic mass is 10.1. The van der Waals surface area contributed by atoms with Gasteiger partial charge in [-0.25, -0.2) is 0 Å². The van der Waals surface area contributed by atoms with Crippen molar-refractivity contribution in [2.24, 2.45) is 0 Å². The molecule has 0 bridgehead atoms. The van der Waals surface area contributed by atoms with Gasteiger partial charge in [-0.3, -0.25) is 9.59 Å². The van der Waals surface area contributed by atoms with Crippen molar-refractivity contribution in [1.82, 2.24) is 5.32 Å². The van der Waals surface area contributed by atoms with Crippen LogP contribution < -0.4 is 10.6 Å². The molecule has 2 N–H and O–H groups in total. The van der Waals surface area contributed by atoms with Gasteiger partial charge in [-0.15, -0.1) is 0 Å². The van der Waals surface area contributed by atoms with Crippen LogP contribution in [0.25, 0.3) is 0 Å². The molecule has 0 saturated carbocycles. The molecule has 0 saturated heterocycles. The average Bonchev–Trinajstić information content (AvgIpc) is 2.85. The van der Waals surface area contributed by atoms with Gasteiger partial charge < -0.3 is 10.6 Å². The number of hydrogen-bond donors (Lipinski definition) is 2. The SMILES string of the molecule is CNC(=O)CCCC(=O)Nc1ccc2c(c1)CCC2. The Bertz CT molecular complexity index is 483. The third-order valence-electron chi connectivity index (χ3n) is 3.47. The molecule has 1 aliphatic rings. The first-order valence-electron chi connectivity index (χ1n) is 6.81. The van der Waals surface area contributed by atoms with Crippen LogP contribution in [0.5, 0.6) is 0 Å². The molecule has 0 aliphatic heterocycles. The molecule has 0 spiro atoms. The van der Waals surface area contributed by atoms with E-state index in [1.807, 2.05) is 6.07 Å². The molecule has 0 fully saturated rings. The summed E-state index contributed by atoms with van der Waals surface area (Å²) in [5.74, 6) is -0.0489. The highest BCUT2D eigenvalue weighted by Gasteiger charge is 2.11. The zero-order valence-corrected chi connectivity index (χ0v) is 11.3. The van der Waals surface area contributed by atoms with Crippen LogP contribution in [0.4, 0.5) is 5.69 Å². The van der Waals surface area contributed by atoms with Crippen LogP contribution in [0.3, 0.4) is 0 Å². The molecule has 1 aliphatic carbocycles. The van der Waals surface area contributed by atoms with Crippen LogP contribution in [-0.4, -0.2) is 18.9 Å². The van der Waals surface area contributed by atoms with Gasteiger partial charge in [0.25, 0.3) is 0 Å². The number of fused-ring (bicyclic) bond motifs is 1. The highest BCUT2D eigenvalue weighted by molar-refractivity contribution is 5.91. The summed E-state index contributed by atoms with van der Waals surface area (Å²) in [6, 6.07) is 6.13. The highest BCUT2D eigenvalue weighted by atomic mass is 16.2. The lowest BCUT2D eigenvalue weighted by Gasteiger charge is -2.07. The lowest BCUT2D eigenvalue weighted by Crippen LogP contribution is -2.18. The molecule has 102 valence electrons. The second kappa shape index (κ2) is 6.36. The molecular formula is C15H20N2O2. The maximum atomic E-state index is 11.7. The molecule has 0 aromatic heterocycles. The second-order valence-electron chi connectivity index (χ2n) is 4.91. The van der Waals surface area contributed by atoms with Gasteiger partial charge in [-0.05, 0) is 48.9 Å². The van der Waals surface area contributed by atoms with Crippen molar-refractivity contribution in [2.75, 3.05) is 12.4 Å². The van der Waals surface area contributed by atoms with Gasteiger partial charge in [0.1, 0.15) is 0 Å². The minimum atomic E-state index is -0.0261. The quantitative estimate of drug-likeness (QED) is 0.851. The summed E-state index contributed by atoms with van der Waals surface area (Å²) in [5, 5.41) is 5.44. The first-order valence-corrected chi connectivity index (χ1v) is 6.81. The molecule has 2 rings (SSSR count). The second-order valence-corrected chi connectivity index (χ2v) is 4.91. The number of amides is 2. The van der Waals surface area contributed by atoms with Crippen LogP contribution in [0.2, 0.25) is 0 Å². The van der Waals surface area contributed by atoms with Gasteiger partial charge in [0, 0.05) is 25.6 Å². The van der Waals surface area contributed by atoms with E-state index >= 15 is 0 Å². The van der Waals surface area contributed by atoms with Crippen LogP contribution in [0.1, 0.15) is 36.8 Å². The predicted molar refractivity (Wildman–Crippen MR) is 75.0 cm³/mol. The smallest absolute Gasteiger partial charge is 0.224 e. The van der Waals surface area contributed by atoms with Crippen molar-refractivity contribution in [2.45, 2.75) is 38.5 Å². The van der Waals surface area contributed by atoms with E-state index < -0.39 is 0 Å². The number of benzene rings is 1. The number of anilines is 1. The number of carbonyl (C=O) groups is 2. The normalized spacial score (nSPS) is 12.9. The van der Waals surface area contributed by atoms with Gasteiger partial charge in [-0.2, -0.15) is 0 Å². The van der Waals surface area contributed by atoms with Gasteiger partial charge >= 0.3 is 0 Å². The summed E-state index contributed by atoms with van der Waals surface area (Å²) in [6.45, 7) is 0. The van der Waals surface area contributed by atoms with Crippen LogP contribution in [0.15, 0.2) is 18.2 Å². The fraction of sp³-hybridized carbons (Fsp3) is 0.467. The van der Waals surface area contributed by atoms with Crippen molar-refractivity contribution in [3.8, 4) is 0 Å². The lowest BCUT2D eigenvalue weighted by molar-refractivity contribution is -0.120. The fourth-order valence-electron chi connectivity index (χ4n) is 2.41. The maximum absolute atomic E-state index is 11.7. The van der Waals surface area contributed by atoms with E-state index in [0.29, 0.717) is 19.3 Å². The van der Waals surface area contributed by atoms with Gasteiger partial charge in [0.2, 0.25) is 11.8 Å². The molecule has 19 heavy (non-hydrogen) atoms. The number of nitrogens with one attached hydrogen (secondary N) is 2. The average molecular weight is 260 g/mol. The standard InChI is InChI=1S/C15H20N2O2/c1-16-14(18)6-3-7-15(19)17-13-9-8-11-4-2-5-12(11)10-13/h8-10H,2-7H2,1H3,(H,16,18)(H,17,19). The maximum Gasteiger partial charge on any atom is 0.224 e. The summed E-state index contributed by atoms with van der Waals surface area (Å²) in [7, 11) is 1.60. The van der Waals surface area contributed by atoms with Crippen molar-refractivity contribution in [1.29, 1.82) is 0 Å². The number of aryl methyl sites for hydroxylation is 2. The summed E-state index contributed by atoms with van der Waals surface area (Å²) >= 11 is 0. The van der Waals surface area contributed by atoms with Crippen molar-refractivity contribution in [3.63, 3.8) is 0 Å². The van der Waals surface area contributed by atoms with E-state index in [2.05, 4.69) is 22.8 Å². The summed E-state index contributed by atoms with van der Waals surface area (Å²) < 4.78 is 0. The molecule has 0 heterocycles. The Morgan fingerprint density at radius 3 is 2.63 bits per heavy atom. The summed E-state index contributed by atoms with van der Waals surface area (Å²) in [4.78, 5) is 22.8. The van der Waals surface area contributed by atoms with Crippen LogP contribution >= 0.6 is 0 Å². The molecule has 0 radical (unpaired) electrons. The van der Waals surface area contributed by atoms with E-state index in [0.717, 1.165) is 18.5 Å². The van der Waals surface area contributed by atoms with Crippen LogP contribution in [-0.2, 0) is 22.4 Å². The molecule has 1 aromatic rings. The molecule has 4 nitrogen and oxygen atoms in total. The Morgan fingerprint density at radius 1 is 1.11 bits per heavy atom. The van der Waals surface area contributed by atoms with Gasteiger partial charge in [0.15, 0.2) is 0 Å². The first-order chi connectivity index (χ1) is 9.19. The third kappa shape index (κ3) is 3.81. The van der Waals surface area contributed by atoms with E-state index in [4.69, 9.17) is 0 Å². The summed E-state index contributed by atoms with van der Waals surface area (Å²) in [5.41, 5.74) is 3.62. The minimum Gasteiger partial charge on any atom is -0.359 e. The van der Waals surface area contributed by atoms with Crippen molar-refractivity contribution < 1.29 is 9.59 Å². The van der Waals surface area contributed by atoms with E-state index in [1.54, 1.807) is 7.05 Å². The fourth-order valence-corrected chi connectivity index (χ4v) is 2.41. The van der Waals surface area contributed by atoms with E-state index in [9.17, 15) is 9.59 Å². The van der Waals surface area contributed by atoms with Gasteiger partial charge in [-0.1, -0.05) is 6.07 Å². The number of carbonyl (C=O) groups excluding carboxylic acids is 2. The highest BCUT2D eigenvalue weighted by Crippen LogP contribution is 2.24. The molecule has 4 heteroatoms. The predicted octanol–water partition coefficient (Wildman–Crippen LogP) is 2.03. The minimum absolute atomic E-state index is 0.0228. The monoisotopic (exact) mass is 260 g/mol. The third-order valence-corrected chi connectivity index (χ3v) is 3.47. The van der Waals surface area contributed by atoms with Gasteiger partial charge in [0.05, 0.1) is 0 Å². The molecule has 0 atom stereocenters. The number of hydrogen-bond acceptors (Lipinski definition) is 2. The topological polar surface area (TPSA) is 58.2 Å². The first kappa shape index (κ1) is 13.6. The molecule has 0 unspecified atom stereocenters. The van der Waals surface area contributed by atoms with Crippen LogP contribution in [0, 0.1) is 0 Å². The largest absolute Gasteiger partial charge is 0.359 e. The Kier molecular flexibility index (Phi) is 4.55. The Labute approximate surface area is 113 Å². The Hall–Kier alpha value is -1.84. The number of rotatable bonds is 5. The van der Waals surface area contributed by atoms with E-state index in [1.165, 1.54) is 17.5 Å². The zero-order valence-electron chi connectivity index (χ0n) is 11.3. The molecular weight excluding hydrogens is 240 g/mol.